The highest BCUT2D eigenvalue weighted by Crippen LogP contribution is 2.42. The topological polar surface area (TPSA) is 121 Å². The number of aromatic hydroxyl groups is 1. The van der Waals surface area contributed by atoms with Crippen molar-refractivity contribution in [3.05, 3.63) is 46.6 Å². The van der Waals surface area contributed by atoms with E-state index in [1.165, 1.54) is 17.2 Å². The normalized spacial score (nSPS) is 19.4. The van der Waals surface area contributed by atoms with E-state index >= 15 is 0 Å². The van der Waals surface area contributed by atoms with Gasteiger partial charge >= 0.3 is 11.9 Å². The van der Waals surface area contributed by atoms with Crippen LogP contribution in [0, 0.1) is 5.92 Å². The average molecular weight is 473 g/mol. The highest BCUT2D eigenvalue weighted by atomic mass is 16.5. The maximum Gasteiger partial charge on any atom is 0.335 e. The molecule has 0 saturated heterocycles. The fraction of sp³-hybridized carbons (Fsp3) is 0.519. The lowest BCUT2D eigenvalue weighted by molar-refractivity contribution is -0.141. The van der Waals surface area contributed by atoms with Crippen LogP contribution >= 0.6 is 0 Å². The second-order valence-electron chi connectivity index (χ2n) is 9.64. The second-order valence-corrected chi connectivity index (χ2v) is 9.64. The summed E-state index contributed by atoms with van der Waals surface area (Å²) in [5.41, 5.74) is 1.71. The highest BCUT2D eigenvalue weighted by molar-refractivity contribution is 6.03. The number of phenols is 1. The van der Waals surface area contributed by atoms with Gasteiger partial charge in [0, 0.05) is 0 Å². The van der Waals surface area contributed by atoms with Gasteiger partial charge in [-0.15, -0.1) is 0 Å². The zero-order valence-electron chi connectivity index (χ0n) is 20.5. The van der Waals surface area contributed by atoms with Gasteiger partial charge in [-0.3, -0.25) is 9.59 Å². The summed E-state index contributed by atoms with van der Waals surface area (Å²) in [5.74, 6) is -2.77. The summed E-state index contributed by atoms with van der Waals surface area (Å²) in [6.45, 7) is 7.72. The van der Waals surface area contributed by atoms with Crippen molar-refractivity contribution in [2.45, 2.75) is 84.7 Å². The van der Waals surface area contributed by atoms with E-state index in [0.29, 0.717) is 19.3 Å². The lowest BCUT2D eigenvalue weighted by Crippen LogP contribution is -2.39. The summed E-state index contributed by atoms with van der Waals surface area (Å²) in [7, 11) is 0. The molecule has 1 aromatic rings. The van der Waals surface area contributed by atoms with Gasteiger partial charge in [0.25, 0.3) is 0 Å². The Morgan fingerprint density at radius 1 is 1.12 bits per heavy atom. The summed E-state index contributed by atoms with van der Waals surface area (Å²) < 4.78 is 5.98. The Balaban J connectivity index is 1.85. The number of carbonyl (C=O) groups excluding carboxylic acids is 1. The molecule has 1 aromatic carbocycles. The van der Waals surface area contributed by atoms with Gasteiger partial charge in [0.15, 0.2) is 17.3 Å². The largest absolute Gasteiger partial charge is 0.504 e. The van der Waals surface area contributed by atoms with E-state index < -0.39 is 17.5 Å². The first-order valence-corrected chi connectivity index (χ1v) is 11.8. The summed E-state index contributed by atoms with van der Waals surface area (Å²) >= 11 is 0. The summed E-state index contributed by atoms with van der Waals surface area (Å²) in [4.78, 5) is 34.7. The van der Waals surface area contributed by atoms with Crippen LogP contribution in [0.15, 0.2) is 35.4 Å². The Morgan fingerprint density at radius 3 is 2.41 bits per heavy atom. The van der Waals surface area contributed by atoms with Gasteiger partial charge in [-0.25, -0.2) is 4.79 Å². The molecule has 2 atom stereocenters. The van der Waals surface area contributed by atoms with E-state index in [0.717, 1.165) is 31.7 Å². The highest BCUT2D eigenvalue weighted by Gasteiger charge is 2.38. The van der Waals surface area contributed by atoms with E-state index in [9.17, 15) is 19.5 Å². The molecule has 0 aromatic heterocycles. The van der Waals surface area contributed by atoms with Gasteiger partial charge in [-0.05, 0) is 77.8 Å². The van der Waals surface area contributed by atoms with Crippen LogP contribution in [0.2, 0.25) is 0 Å². The van der Waals surface area contributed by atoms with Crippen LogP contribution < -0.4 is 4.74 Å². The lowest BCUT2D eigenvalue weighted by atomic mass is 9.87. The number of aromatic carboxylic acids is 1. The smallest absolute Gasteiger partial charge is 0.335 e. The van der Waals surface area contributed by atoms with Crippen molar-refractivity contribution >= 4 is 17.7 Å². The average Bonchev–Trinajstić information content (AvgIpc) is 2.74. The molecule has 186 valence electrons. The van der Waals surface area contributed by atoms with Gasteiger partial charge in [-0.1, -0.05) is 30.2 Å². The van der Waals surface area contributed by atoms with Crippen LogP contribution in [-0.4, -0.2) is 38.6 Å². The third-order valence-corrected chi connectivity index (χ3v) is 6.33. The molecule has 1 aliphatic rings. The molecule has 7 nitrogen and oxygen atoms in total. The number of allylic oxidation sites excluding steroid dienone is 4. The molecular formula is C27H36O7. The number of ether oxygens (including phenoxy) is 1. The molecule has 2 unspecified atom stereocenters. The molecule has 0 spiro atoms. The number of fused-ring (bicyclic) bond motifs is 1. The number of phenolic OH excluding ortho intramolecular Hbond substituents is 1. The van der Waals surface area contributed by atoms with Crippen molar-refractivity contribution in [3.63, 3.8) is 0 Å². The van der Waals surface area contributed by atoms with Crippen molar-refractivity contribution in [2.75, 3.05) is 0 Å². The van der Waals surface area contributed by atoms with Crippen molar-refractivity contribution in [1.29, 1.82) is 0 Å². The zero-order valence-corrected chi connectivity index (χ0v) is 20.5. The Hall–Kier alpha value is -3.09. The first kappa shape index (κ1) is 27.2. The maximum atomic E-state index is 12.6. The van der Waals surface area contributed by atoms with Crippen molar-refractivity contribution < 1.29 is 34.4 Å². The molecule has 2 rings (SSSR count). The standard InChI is InChI=1S/C27H36O7/c1-17(10-6-12-19(3)25(30)31)8-5-9-18(2)11-7-13-27(4)16-23(29)21-14-20(26(32)33)15-22(28)24(21)34-27/h8,11,14-15,19,28H,5-7,9-10,12-13,16H2,1-4H3,(H,30,31)(H,32,33)/b17-8+,18-11+. The van der Waals surface area contributed by atoms with E-state index in [1.807, 2.05) is 6.92 Å². The number of hydrogen-bond acceptors (Lipinski definition) is 5. The number of aliphatic carboxylic acids is 1. The van der Waals surface area contributed by atoms with Crippen LogP contribution in [-0.2, 0) is 4.79 Å². The molecule has 0 fully saturated rings. The number of rotatable bonds is 12. The molecule has 0 amide bonds. The summed E-state index contributed by atoms with van der Waals surface area (Å²) in [6.07, 6.45) is 10.1. The van der Waals surface area contributed by atoms with Gasteiger partial charge < -0.3 is 20.1 Å². The number of carbonyl (C=O) groups is 3. The molecule has 1 aliphatic heterocycles. The molecule has 0 radical (unpaired) electrons. The molecule has 34 heavy (non-hydrogen) atoms. The van der Waals surface area contributed by atoms with Crippen molar-refractivity contribution in [3.8, 4) is 11.5 Å². The van der Waals surface area contributed by atoms with Crippen LogP contribution in [0.5, 0.6) is 11.5 Å². The fourth-order valence-electron chi connectivity index (χ4n) is 4.09. The van der Waals surface area contributed by atoms with Gasteiger partial charge in [0.1, 0.15) is 5.60 Å². The molecular weight excluding hydrogens is 436 g/mol. The Labute approximate surface area is 201 Å². The number of ketones is 1. The molecule has 1 heterocycles. The number of hydrogen-bond donors (Lipinski definition) is 3. The monoisotopic (exact) mass is 472 g/mol. The first-order valence-electron chi connectivity index (χ1n) is 11.8. The number of benzene rings is 1. The third kappa shape index (κ3) is 7.75. The minimum absolute atomic E-state index is 0.0582. The second kappa shape index (κ2) is 11.9. The SMILES string of the molecule is C/C(=C\CCC1(C)CC(=O)c2cc(C(=O)O)cc(O)c2O1)CC/C=C(\C)CCCC(C)C(=O)O. The molecule has 3 N–H and O–H groups in total. The van der Waals surface area contributed by atoms with E-state index in [2.05, 4.69) is 26.0 Å². The van der Waals surface area contributed by atoms with Crippen molar-refractivity contribution in [1.82, 2.24) is 0 Å². The lowest BCUT2D eigenvalue weighted by Gasteiger charge is -2.35. The number of carboxylic acid groups (broad SMARTS) is 2. The number of Topliss-reactive ketones (excluding diaryl/α,β-unsaturated/α-hetero) is 1. The number of carboxylic acids is 2. The van der Waals surface area contributed by atoms with Crippen molar-refractivity contribution in [2.24, 2.45) is 5.92 Å². The fourth-order valence-corrected chi connectivity index (χ4v) is 4.09. The summed E-state index contributed by atoms with van der Waals surface area (Å²) in [5, 5.41) is 28.3. The molecule has 0 bridgehead atoms. The molecule has 7 heteroatoms. The maximum absolute atomic E-state index is 12.6. The van der Waals surface area contributed by atoms with Gasteiger partial charge in [0.05, 0.1) is 23.5 Å². The van der Waals surface area contributed by atoms with Crippen LogP contribution in [0.1, 0.15) is 99.8 Å². The molecule has 0 saturated carbocycles. The predicted octanol–water partition coefficient (Wildman–Crippen LogP) is 6.16. The van der Waals surface area contributed by atoms with Crippen LogP contribution in [0.3, 0.4) is 0 Å². The van der Waals surface area contributed by atoms with E-state index in [1.54, 1.807) is 6.92 Å². The minimum atomic E-state index is -1.21. The van der Waals surface area contributed by atoms with Crippen LogP contribution in [0.25, 0.3) is 0 Å². The van der Waals surface area contributed by atoms with E-state index in [-0.39, 0.29) is 40.7 Å². The van der Waals surface area contributed by atoms with Gasteiger partial charge in [-0.2, -0.15) is 0 Å². The van der Waals surface area contributed by atoms with Gasteiger partial charge in [0.2, 0.25) is 0 Å². The minimum Gasteiger partial charge on any atom is -0.504 e. The van der Waals surface area contributed by atoms with E-state index in [4.69, 9.17) is 14.9 Å². The zero-order chi connectivity index (χ0) is 25.5. The quantitative estimate of drug-likeness (QED) is 0.312. The Kier molecular flexibility index (Phi) is 9.47. The predicted molar refractivity (Wildman–Crippen MR) is 130 cm³/mol. The third-order valence-electron chi connectivity index (χ3n) is 6.33. The van der Waals surface area contributed by atoms with Crippen LogP contribution in [0.4, 0.5) is 0 Å². The Bertz CT molecular complexity index is 989. The first-order chi connectivity index (χ1) is 15.9. The summed E-state index contributed by atoms with van der Waals surface area (Å²) in [6, 6.07) is 2.36. The molecule has 0 aliphatic carbocycles. The Morgan fingerprint density at radius 2 is 1.76 bits per heavy atom.